The van der Waals surface area contributed by atoms with Crippen molar-refractivity contribution in [3.8, 4) is 11.5 Å². The molecule has 1 saturated heterocycles. The predicted octanol–water partition coefficient (Wildman–Crippen LogP) is 4.36. The highest BCUT2D eigenvalue weighted by Crippen LogP contribution is 2.39. The topological polar surface area (TPSA) is 50.8 Å². The Labute approximate surface area is 185 Å². The van der Waals surface area contributed by atoms with Crippen LogP contribution in [0.25, 0.3) is 0 Å². The first-order chi connectivity index (χ1) is 14.2. The Morgan fingerprint density at radius 3 is 2.77 bits per heavy atom. The second-order valence-corrected chi connectivity index (χ2v) is 7.96. The Morgan fingerprint density at radius 1 is 1.20 bits per heavy atom. The molecule has 2 aliphatic heterocycles. The van der Waals surface area contributed by atoms with Gasteiger partial charge >= 0.3 is 0 Å². The average molecular weight is 431 g/mol. The van der Waals surface area contributed by atoms with E-state index in [-0.39, 0.29) is 24.4 Å². The van der Waals surface area contributed by atoms with Gasteiger partial charge in [0.25, 0.3) is 0 Å². The lowest BCUT2D eigenvalue weighted by Crippen LogP contribution is -2.37. The summed E-state index contributed by atoms with van der Waals surface area (Å²) >= 11 is 0. The number of amides is 1. The number of hydrogen-bond donors (Lipinski definition) is 1. The van der Waals surface area contributed by atoms with E-state index >= 15 is 0 Å². The van der Waals surface area contributed by atoms with E-state index in [1.807, 2.05) is 36.4 Å². The molecule has 0 saturated carbocycles. The van der Waals surface area contributed by atoms with Gasteiger partial charge in [-0.05, 0) is 55.6 Å². The SMILES string of the molecule is COc1ccc2c(c1)C(N(Cc1ccccc1)C(=O)CCC1CCNC1)CCO2.Cl. The third-order valence-corrected chi connectivity index (χ3v) is 6.05. The summed E-state index contributed by atoms with van der Waals surface area (Å²) in [6.45, 7) is 3.34. The summed E-state index contributed by atoms with van der Waals surface area (Å²) in [6.07, 6.45) is 3.51. The molecule has 0 aromatic heterocycles. The highest BCUT2D eigenvalue weighted by molar-refractivity contribution is 5.85. The molecule has 4 rings (SSSR count). The minimum Gasteiger partial charge on any atom is -0.497 e. The number of hydrogen-bond acceptors (Lipinski definition) is 4. The molecule has 1 amide bonds. The quantitative estimate of drug-likeness (QED) is 0.709. The number of carbonyl (C=O) groups is 1. The van der Waals surface area contributed by atoms with Gasteiger partial charge in [-0.15, -0.1) is 12.4 Å². The van der Waals surface area contributed by atoms with Crippen LogP contribution in [-0.2, 0) is 11.3 Å². The van der Waals surface area contributed by atoms with Gasteiger partial charge in [-0.25, -0.2) is 0 Å². The maximum Gasteiger partial charge on any atom is 0.223 e. The van der Waals surface area contributed by atoms with Gasteiger partial charge in [-0.1, -0.05) is 30.3 Å². The van der Waals surface area contributed by atoms with Crippen LogP contribution in [0.1, 0.15) is 42.9 Å². The molecule has 2 atom stereocenters. The minimum atomic E-state index is 0. The van der Waals surface area contributed by atoms with Crippen molar-refractivity contribution in [3.63, 3.8) is 0 Å². The van der Waals surface area contributed by atoms with Crippen molar-refractivity contribution in [2.24, 2.45) is 5.92 Å². The number of halogens is 1. The number of benzene rings is 2. The van der Waals surface area contributed by atoms with E-state index in [0.717, 1.165) is 48.6 Å². The van der Waals surface area contributed by atoms with Crippen LogP contribution in [0.15, 0.2) is 48.5 Å². The van der Waals surface area contributed by atoms with Crippen LogP contribution in [0.3, 0.4) is 0 Å². The van der Waals surface area contributed by atoms with Gasteiger partial charge in [0.15, 0.2) is 0 Å². The molecule has 1 fully saturated rings. The fourth-order valence-electron chi connectivity index (χ4n) is 4.39. The fourth-order valence-corrected chi connectivity index (χ4v) is 4.39. The van der Waals surface area contributed by atoms with Gasteiger partial charge in [0.2, 0.25) is 5.91 Å². The monoisotopic (exact) mass is 430 g/mol. The Morgan fingerprint density at radius 2 is 2.03 bits per heavy atom. The maximum absolute atomic E-state index is 13.4. The molecule has 0 radical (unpaired) electrons. The lowest BCUT2D eigenvalue weighted by molar-refractivity contribution is -0.135. The Kier molecular flexibility index (Phi) is 8.00. The molecule has 0 spiro atoms. The normalized spacial score (nSPS) is 19.9. The summed E-state index contributed by atoms with van der Waals surface area (Å²) < 4.78 is 11.3. The van der Waals surface area contributed by atoms with Gasteiger partial charge in [0.05, 0.1) is 19.8 Å². The minimum absolute atomic E-state index is 0. The van der Waals surface area contributed by atoms with Gasteiger partial charge in [-0.2, -0.15) is 0 Å². The summed E-state index contributed by atoms with van der Waals surface area (Å²) in [5.74, 6) is 2.48. The molecule has 2 unspecified atom stereocenters. The van der Waals surface area contributed by atoms with Crippen molar-refractivity contribution in [2.75, 3.05) is 26.8 Å². The Hall–Kier alpha value is -2.24. The van der Waals surface area contributed by atoms with Crippen molar-refractivity contribution >= 4 is 18.3 Å². The molecular weight excluding hydrogens is 400 g/mol. The zero-order chi connectivity index (χ0) is 20.1. The number of fused-ring (bicyclic) bond motifs is 1. The predicted molar refractivity (Wildman–Crippen MR) is 120 cm³/mol. The number of nitrogens with one attached hydrogen (secondary N) is 1. The standard InChI is InChI=1S/C24H30N2O3.ClH/c1-28-20-8-9-23-21(15-20)22(12-14-29-23)26(17-19-5-3-2-4-6-19)24(27)10-7-18-11-13-25-16-18;/h2-6,8-9,15,18,22,25H,7,10-14,16-17H2,1H3;1H. The molecule has 2 heterocycles. The lowest BCUT2D eigenvalue weighted by atomic mass is 9.96. The first-order valence-electron chi connectivity index (χ1n) is 10.6. The van der Waals surface area contributed by atoms with Crippen LogP contribution in [0.2, 0.25) is 0 Å². The molecule has 2 aliphatic rings. The van der Waals surface area contributed by atoms with E-state index in [0.29, 0.717) is 25.5 Å². The van der Waals surface area contributed by atoms with Crippen molar-refractivity contribution in [3.05, 3.63) is 59.7 Å². The van der Waals surface area contributed by atoms with Crippen molar-refractivity contribution < 1.29 is 14.3 Å². The smallest absolute Gasteiger partial charge is 0.223 e. The van der Waals surface area contributed by atoms with Crippen LogP contribution in [-0.4, -0.2) is 37.6 Å². The summed E-state index contributed by atoms with van der Waals surface area (Å²) in [6, 6.07) is 16.1. The third kappa shape index (κ3) is 5.27. The van der Waals surface area contributed by atoms with Gasteiger partial charge < -0.3 is 19.7 Å². The van der Waals surface area contributed by atoms with Crippen molar-refractivity contribution in [2.45, 2.75) is 38.3 Å². The van der Waals surface area contributed by atoms with Crippen LogP contribution >= 0.6 is 12.4 Å². The zero-order valence-corrected chi connectivity index (χ0v) is 18.3. The number of nitrogens with zero attached hydrogens (tertiary/aromatic N) is 1. The molecule has 30 heavy (non-hydrogen) atoms. The van der Waals surface area contributed by atoms with Crippen molar-refractivity contribution in [1.29, 1.82) is 0 Å². The van der Waals surface area contributed by atoms with E-state index in [9.17, 15) is 4.79 Å². The van der Waals surface area contributed by atoms with Crippen LogP contribution in [0.4, 0.5) is 0 Å². The van der Waals surface area contributed by atoms with E-state index in [1.54, 1.807) is 7.11 Å². The fraction of sp³-hybridized carbons (Fsp3) is 0.458. The molecule has 2 aromatic rings. The maximum atomic E-state index is 13.4. The molecule has 162 valence electrons. The second-order valence-electron chi connectivity index (χ2n) is 7.96. The van der Waals surface area contributed by atoms with E-state index in [2.05, 4.69) is 22.3 Å². The van der Waals surface area contributed by atoms with Crippen LogP contribution < -0.4 is 14.8 Å². The van der Waals surface area contributed by atoms with E-state index < -0.39 is 0 Å². The van der Waals surface area contributed by atoms with E-state index in [1.165, 1.54) is 6.42 Å². The Balaban J connectivity index is 0.00000256. The van der Waals surface area contributed by atoms with Gasteiger partial charge in [0, 0.05) is 24.9 Å². The largest absolute Gasteiger partial charge is 0.497 e. The van der Waals surface area contributed by atoms with Crippen LogP contribution in [0, 0.1) is 5.92 Å². The number of methoxy groups -OCH3 is 1. The molecule has 0 aliphatic carbocycles. The first-order valence-corrected chi connectivity index (χ1v) is 10.6. The molecular formula is C24H31ClN2O3. The van der Waals surface area contributed by atoms with Gasteiger partial charge in [-0.3, -0.25) is 4.79 Å². The first kappa shape index (κ1) is 22.4. The Bertz CT molecular complexity index is 824. The molecule has 2 aromatic carbocycles. The lowest BCUT2D eigenvalue weighted by Gasteiger charge is -2.36. The third-order valence-electron chi connectivity index (χ3n) is 6.05. The van der Waals surface area contributed by atoms with E-state index in [4.69, 9.17) is 9.47 Å². The molecule has 0 bridgehead atoms. The number of carbonyl (C=O) groups excluding carboxylic acids is 1. The van der Waals surface area contributed by atoms with Crippen LogP contribution in [0.5, 0.6) is 11.5 Å². The molecule has 5 nitrogen and oxygen atoms in total. The summed E-state index contributed by atoms with van der Waals surface area (Å²) in [7, 11) is 1.67. The number of rotatable bonds is 7. The van der Waals surface area contributed by atoms with Gasteiger partial charge in [0.1, 0.15) is 11.5 Å². The van der Waals surface area contributed by atoms with Crippen molar-refractivity contribution in [1.82, 2.24) is 10.2 Å². The molecule has 6 heteroatoms. The summed E-state index contributed by atoms with van der Waals surface area (Å²) in [4.78, 5) is 15.5. The summed E-state index contributed by atoms with van der Waals surface area (Å²) in [5.41, 5.74) is 2.20. The number of ether oxygens (including phenoxy) is 2. The second kappa shape index (κ2) is 10.7. The summed E-state index contributed by atoms with van der Waals surface area (Å²) in [5, 5.41) is 3.40. The highest BCUT2D eigenvalue weighted by Gasteiger charge is 2.31. The zero-order valence-electron chi connectivity index (χ0n) is 17.5. The average Bonchev–Trinajstić information content (AvgIpc) is 3.29. The highest BCUT2D eigenvalue weighted by atomic mass is 35.5. The molecule has 1 N–H and O–H groups in total.